The number of para-hydroxylation sites is 1. The van der Waals surface area contributed by atoms with Crippen LogP contribution in [-0.2, 0) is 4.74 Å². The summed E-state index contributed by atoms with van der Waals surface area (Å²) in [4.78, 5) is 21.7. The molecule has 0 N–H and O–H groups in total. The molecule has 24 heavy (non-hydrogen) atoms. The summed E-state index contributed by atoms with van der Waals surface area (Å²) in [6.45, 7) is 2.47. The average molecular weight is 360 g/mol. The summed E-state index contributed by atoms with van der Waals surface area (Å²) in [6.07, 6.45) is 3.67. The maximum absolute atomic E-state index is 12.3. The van der Waals surface area contributed by atoms with Crippen molar-refractivity contribution in [2.45, 2.75) is 12.1 Å². The Balaban J connectivity index is 2.33. The highest BCUT2D eigenvalue weighted by Crippen LogP contribution is 2.42. The third-order valence-corrected chi connectivity index (χ3v) is 5.07. The average Bonchev–Trinajstić information content (AvgIpc) is 3.00. The Kier molecular flexibility index (Phi) is 5.01. The minimum absolute atomic E-state index is 0.384. The number of fused-ring (bicyclic) bond motifs is 1. The number of nitrogens with zero attached hydrogens (tertiary/aromatic N) is 2. The lowest BCUT2D eigenvalue weighted by atomic mass is 10.0. The van der Waals surface area contributed by atoms with Crippen molar-refractivity contribution in [3.8, 4) is 16.9 Å². The highest BCUT2D eigenvalue weighted by atomic mass is 32.2. The van der Waals surface area contributed by atoms with Gasteiger partial charge in [-0.25, -0.2) is 14.8 Å². The van der Waals surface area contributed by atoms with Gasteiger partial charge in [0, 0.05) is 17.3 Å². The molecule has 124 valence electrons. The first kappa shape index (κ1) is 16.7. The number of hydrogen-bond donors (Lipinski definition) is 0. The number of benzene rings is 1. The summed E-state index contributed by atoms with van der Waals surface area (Å²) in [5.41, 5.74) is 2.31. The van der Waals surface area contributed by atoms with E-state index in [1.165, 1.54) is 30.2 Å². The predicted octanol–water partition coefficient (Wildman–Crippen LogP) is 4.27. The zero-order valence-electron chi connectivity index (χ0n) is 13.5. The van der Waals surface area contributed by atoms with E-state index in [0.29, 0.717) is 22.4 Å². The fourth-order valence-corrected chi connectivity index (χ4v) is 3.80. The first-order valence-corrected chi connectivity index (χ1v) is 9.37. The molecule has 3 aromatic rings. The Hall–Kier alpha value is -2.12. The van der Waals surface area contributed by atoms with Gasteiger partial charge in [0.2, 0.25) is 0 Å². The van der Waals surface area contributed by atoms with E-state index in [4.69, 9.17) is 9.47 Å². The first-order valence-electron chi connectivity index (χ1n) is 7.33. The number of aromatic nitrogens is 2. The van der Waals surface area contributed by atoms with Crippen LogP contribution >= 0.6 is 23.1 Å². The number of methoxy groups -OCH3 is 1. The lowest BCUT2D eigenvalue weighted by molar-refractivity contribution is 0.0607. The molecule has 0 saturated heterocycles. The van der Waals surface area contributed by atoms with Gasteiger partial charge in [-0.2, -0.15) is 0 Å². The molecule has 3 rings (SSSR count). The molecule has 0 spiro atoms. The van der Waals surface area contributed by atoms with Crippen LogP contribution in [0.25, 0.3) is 21.3 Å². The molecule has 0 fully saturated rings. The number of esters is 1. The lowest BCUT2D eigenvalue weighted by Crippen LogP contribution is -2.01. The molecule has 0 amide bonds. The van der Waals surface area contributed by atoms with Crippen LogP contribution in [0.3, 0.4) is 0 Å². The van der Waals surface area contributed by atoms with Crippen LogP contribution in [0.2, 0.25) is 0 Å². The first-order chi connectivity index (χ1) is 11.7. The summed E-state index contributed by atoms with van der Waals surface area (Å²) >= 11 is 2.79. The molecule has 0 unspecified atom stereocenters. The van der Waals surface area contributed by atoms with Gasteiger partial charge < -0.3 is 9.47 Å². The van der Waals surface area contributed by atoms with Gasteiger partial charge in [0.15, 0.2) is 5.16 Å². The maximum atomic E-state index is 12.3. The van der Waals surface area contributed by atoms with Crippen LogP contribution in [0.5, 0.6) is 5.75 Å². The molecule has 0 saturated carbocycles. The second-order valence-electron chi connectivity index (χ2n) is 4.80. The molecule has 0 aliphatic heterocycles. The Morgan fingerprint density at radius 1 is 1.33 bits per heavy atom. The third kappa shape index (κ3) is 2.97. The zero-order chi connectivity index (χ0) is 17.1. The van der Waals surface area contributed by atoms with E-state index < -0.39 is 0 Å². The molecule has 0 aliphatic carbocycles. The van der Waals surface area contributed by atoms with Gasteiger partial charge in [0.25, 0.3) is 0 Å². The molecule has 0 bridgehead atoms. The summed E-state index contributed by atoms with van der Waals surface area (Å²) in [7, 11) is 1.38. The number of ether oxygens (including phenoxy) is 2. The van der Waals surface area contributed by atoms with E-state index in [-0.39, 0.29) is 5.97 Å². The van der Waals surface area contributed by atoms with Crippen molar-refractivity contribution >= 4 is 39.3 Å². The third-order valence-electron chi connectivity index (χ3n) is 3.42. The normalized spacial score (nSPS) is 10.8. The molecule has 1 aromatic carbocycles. The highest BCUT2D eigenvalue weighted by Gasteiger charge is 2.24. The van der Waals surface area contributed by atoms with Crippen molar-refractivity contribution < 1.29 is 14.3 Å². The van der Waals surface area contributed by atoms with E-state index in [2.05, 4.69) is 9.97 Å². The van der Waals surface area contributed by atoms with Crippen LogP contribution in [0.4, 0.5) is 0 Å². The number of thioether (sulfide) groups is 1. The van der Waals surface area contributed by atoms with Crippen LogP contribution < -0.4 is 4.74 Å². The topological polar surface area (TPSA) is 61.3 Å². The number of carbonyl (C=O) groups is 1. The molecule has 5 nitrogen and oxygen atoms in total. The van der Waals surface area contributed by atoms with Gasteiger partial charge in [0.05, 0.1) is 23.9 Å². The molecular formula is C17H16N2O3S2. The zero-order valence-corrected chi connectivity index (χ0v) is 15.2. The highest BCUT2D eigenvalue weighted by molar-refractivity contribution is 7.98. The lowest BCUT2D eigenvalue weighted by Gasteiger charge is -2.10. The standard InChI is InChI=1S/C17H16N2O3S2/c1-4-22-11-8-6-5-7-10(11)13-14-12(9-18-17(19-14)23-3)24-15(13)16(20)21-2/h5-9H,4H2,1-3H3. The summed E-state index contributed by atoms with van der Waals surface area (Å²) < 4.78 is 11.5. The van der Waals surface area contributed by atoms with E-state index in [9.17, 15) is 4.79 Å². The van der Waals surface area contributed by atoms with Crippen molar-refractivity contribution in [1.82, 2.24) is 9.97 Å². The number of hydrogen-bond acceptors (Lipinski definition) is 7. The van der Waals surface area contributed by atoms with Crippen LogP contribution in [0.15, 0.2) is 35.6 Å². The summed E-state index contributed by atoms with van der Waals surface area (Å²) in [5, 5.41) is 0.659. The summed E-state index contributed by atoms with van der Waals surface area (Å²) in [5.74, 6) is 0.333. The quantitative estimate of drug-likeness (QED) is 0.385. The Morgan fingerprint density at radius 2 is 2.12 bits per heavy atom. The van der Waals surface area contributed by atoms with Crippen LogP contribution in [0, 0.1) is 0 Å². The molecule has 2 heterocycles. The van der Waals surface area contributed by atoms with Gasteiger partial charge in [-0.05, 0) is 19.2 Å². The number of thiophene rings is 1. The van der Waals surface area contributed by atoms with Gasteiger partial charge in [-0.1, -0.05) is 30.0 Å². The van der Waals surface area contributed by atoms with Gasteiger partial charge in [-0.15, -0.1) is 11.3 Å². The van der Waals surface area contributed by atoms with Crippen molar-refractivity contribution in [1.29, 1.82) is 0 Å². The van der Waals surface area contributed by atoms with E-state index in [0.717, 1.165) is 21.3 Å². The largest absolute Gasteiger partial charge is 0.493 e. The van der Waals surface area contributed by atoms with E-state index in [1.807, 2.05) is 37.4 Å². The molecule has 0 radical (unpaired) electrons. The Labute approximate surface area is 148 Å². The summed E-state index contributed by atoms with van der Waals surface area (Å²) in [6, 6.07) is 7.64. The molecule has 7 heteroatoms. The minimum Gasteiger partial charge on any atom is -0.493 e. The fourth-order valence-electron chi connectivity index (χ4n) is 2.42. The van der Waals surface area contributed by atoms with Gasteiger partial charge in [-0.3, -0.25) is 0 Å². The number of carbonyl (C=O) groups excluding carboxylic acids is 1. The Morgan fingerprint density at radius 3 is 2.83 bits per heavy atom. The minimum atomic E-state index is -0.384. The van der Waals surface area contributed by atoms with Gasteiger partial charge >= 0.3 is 5.97 Å². The van der Waals surface area contributed by atoms with Crippen molar-refractivity contribution in [3.63, 3.8) is 0 Å². The molecule has 0 aliphatic rings. The predicted molar refractivity (Wildman–Crippen MR) is 97.1 cm³/mol. The molecule has 0 atom stereocenters. The van der Waals surface area contributed by atoms with Crippen LogP contribution in [0.1, 0.15) is 16.6 Å². The van der Waals surface area contributed by atoms with Gasteiger partial charge in [0.1, 0.15) is 10.6 Å². The van der Waals surface area contributed by atoms with Crippen molar-refractivity contribution in [2.75, 3.05) is 20.0 Å². The number of rotatable bonds is 5. The SMILES string of the molecule is CCOc1ccccc1-c1c(C(=O)OC)sc2cnc(SC)nc12. The molecule has 2 aromatic heterocycles. The Bertz CT molecular complexity index is 893. The van der Waals surface area contributed by atoms with E-state index >= 15 is 0 Å². The van der Waals surface area contributed by atoms with Crippen molar-refractivity contribution in [3.05, 3.63) is 35.3 Å². The second-order valence-corrected chi connectivity index (χ2v) is 6.62. The van der Waals surface area contributed by atoms with Crippen molar-refractivity contribution in [2.24, 2.45) is 0 Å². The smallest absolute Gasteiger partial charge is 0.348 e. The van der Waals surface area contributed by atoms with E-state index in [1.54, 1.807) is 6.20 Å². The molecular weight excluding hydrogens is 344 g/mol. The second kappa shape index (κ2) is 7.19. The van der Waals surface area contributed by atoms with Crippen LogP contribution in [-0.4, -0.2) is 35.9 Å². The monoisotopic (exact) mass is 360 g/mol. The fraction of sp³-hybridized carbons (Fsp3) is 0.235. The maximum Gasteiger partial charge on any atom is 0.348 e.